The maximum absolute atomic E-state index is 13.2. The normalized spacial score (nSPS) is 15.4. The fourth-order valence-electron chi connectivity index (χ4n) is 4.12. The number of hydrogen-bond acceptors (Lipinski definition) is 3. The van der Waals surface area contributed by atoms with Crippen LogP contribution in [0.2, 0.25) is 0 Å². The van der Waals surface area contributed by atoms with Crippen molar-refractivity contribution in [1.29, 1.82) is 0 Å². The zero-order valence-electron chi connectivity index (χ0n) is 16.2. The number of benzene rings is 2. The molecule has 1 atom stereocenters. The Balaban J connectivity index is 1.44. The average molecular weight is 396 g/mol. The quantitative estimate of drug-likeness (QED) is 0.532. The molecule has 5 rings (SSSR count). The van der Waals surface area contributed by atoms with Gasteiger partial charge in [0.2, 0.25) is 5.91 Å². The number of anilines is 1. The molecule has 0 saturated heterocycles. The molecule has 2 N–H and O–H groups in total. The van der Waals surface area contributed by atoms with Crippen molar-refractivity contribution in [3.63, 3.8) is 0 Å². The van der Waals surface area contributed by atoms with E-state index >= 15 is 0 Å². The molecule has 6 heteroatoms. The van der Waals surface area contributed by atoms with Crippen LogP contribution in [0.3, 0.4) is 0 Å². The summed E-state index contributed by atoms with van der Waals surface area (Å²) in [5.74, 6) is 0.286. The first kappa shape index (κ1) is 18.1. The van der Waals surface area contributed by atoms with Gasteiger partial charge in [0.15, 0.2) is 0 Å². The van der Waals surface area contributed by atoms with Crippen LogP contribution in [0.4, 0.5) is 5.82 Å². The molecule has 2 aromatic carbocycles. The van der Waals surface area contributed by atoms with Gasteiger partial charge in [0.05, 0.1) is 6.04 Å². The fourth-order valence-corrected chi connectivity index (χ4v) is 4.12. The maximum Gasteiger partial charge on any atom is 0.255 e. The lowest BCUT2D eigenvalue weighted by Gasteiger charge is -2.25. The molecule has 1 unspecified atom stereocenters. The predicted octanol–water partition coefficient (Wildman–Crippen LogP) is 4.14. The van der Waals surface area contributed by atoms with Crippen LogP contribution in [0, 0.1) is 0 Å². The second kappa shape index (κ2) is 7.48. The number of carbonyl (C=O) groups excluding carboxylic acids is 2. The molecule has 1 aliphatic heterocycles. The van der Waals surface area contributed by atoms with Crippen LogP contribution in [0.15, 0.2) is 79.1 Å². The molecule has 4 aromatic rings. The Morgan fingerprint density at radius 3 is 2.67 bits per heavy atom. The van der Waals surface area contributed by atoms with Gasteiger partial charge in [-0.3, -0.25) is 9.59 Å². The number of carbonyl (C=O) groups is 2. The first-order chi connectivity index (χ1) is 14.7. The molecule has 0 radical (unpaired) electrons. The van der Waals surface area contributed by atoms with E-state index in [4.69, 9.17) is 0 Å². The first-order valence-electron chi connectivity index (χ1n) is 9.89. The summed E-state index contributed by atoms with van der Waals surface area (Å²) in [7, 11) is 0. The number of fused-ring (bicyclic) bond motifs is 2. The Morgan fingerprint density at radius 1 is 1.00 bits per heavy atom. The predicted molar refractivity (Wildman–Crippen MR) is 115 cm³/mol. The van der Waals surface area contributed by atoms with Gasteiger partial charge in [-0.25, -0.2) is 4.98 Å². The fraction of sp³-hybridized carbons (Fsp3) is 0.125. The summed E-state index contributed by atoms with van der Waals surface area (Å²) in [5, 5.41) is 3.87. The standard InChI is InChI=1S/C24H20N4O2/c29-22(27-21-11-5-6-13-25-21)12-14-28-23(17-8-1-2-9-18(17)24(28)30)19-15-26-20-10-4-3-7-16(19)20/h1-11,13,15,23,26H,12,14H2,(H,25,27,29). The van der Waals surface area contributed by atoms with Gasteiger partial charge >= 0.3 is 0 Å². The molecule has 2 aromatic heterocycles. The molecular formula is C24H20N4O2. The number of H-pyrrole nitrogens is 1. The van der Waals surface area contributed by atoms with E-state index in [0.717, 1.165) is 22.0 Å². The van der Waals surface area contributed by atoms with E-state index in [1.54, 1.807) is 23.2 Å². The first-order valence-corrected chi connectivity index (χ1v) is 9.89. The Kier molecular flexibility index (Phi) is 4.52. The number of rotatable bonds is 5. The van der Waals surface area contributed by atoms with Gasteiger partial charge in [-0.1, -0.05) is 42.5 Å². The number of hydrogen-bond donors (Lipinski definition) is 2. The van der Waals surface area contributed by atoms with Gasteiger partial charge in [0, 0.05) is 47.4 Å². The zero-order chi connectivity index (χ0) is 20.5. The summed E-state index contributed by atoms with van der Waals surface area (Å²) in [5.41, 5.74) is 3.72. The van der Waals surface area contributed by atoms with Crippen LogP contribution in [0.25, 0.3) is 10.9 Å². The molecule has 0 aliphatic carbocycles. The van der Waals surface area contributed by atoms with E-state index in [9.17, 15) is 9.59 Å². The minimum Gasteiger partial charge on any atom is -0.361 e. The van der Waals surface area contributed by atoms with E-state index in [1.807, 2.05) is 54.7 Å². The van der Waals surface area contributed by atoms with Crippen LogP contribution in [0.1, 0.15) is 33.9 Å². The second-order valence-corrected chi connectivity index (χ2v) is 7.29. The van der Waals surface area contributed by atoms with Crippen molar-refractivity contribution < 1.29 is 9.59 Å². The number of amides is 2. The molecule has 0 spiro atoms. The Bertz CT molecular complexity index is 1230. The highest BCUT2D eigenvalue weighted by atomic mass is 16.2. The van der Waals surface area contributed by atoms with E-state index in [2.05, 4.69) is 21.4 Å². The molecule has 1 aliphatic rings. The number of pyridine rings is 1. The lowest BCUT2D eigenvalue weighted by atomic mass is 9.97. The van der Waals surface area contributed by atoms with Crippen molar-refractivity contribution in [2.24, 2.45) is 0 Å². The van der Waals surface area contributed by atoms with Crippen molar-refractivity contribution in [3.05, 3.63) is 95.8 Å². The SMILES string of the molecule is O=C(CCN1C(=O)c2ccccc2C1c1c[nH]c2ccccc12)Nc1ccccn1. The highest BCUT2D eigenvalue weighted by Gasteiger charge is 2.38. The molecule has 0 fully saturated rings. The lowest BCUT2D eigenvalue weighted by molar-refractivity contribution is -0.116. The minimum absolute atomic E-state index is 0.0495. The molecule has 30 heavy (non-hydrogen) atoms. The highest BCUT2D eigenvalue weighted by Crippen LogP contribution is 2.41. The van der Waals surface area contributed by atoms with Crippen LogP contribution in [-0.4, -0.2) is 33.2 Å². The van der Waals surface area contributed by atoms with E-state index in [0.29, 0.717) is 17.9 Å². The van der Waals surface area contributed by atoms with Gasteiger partial charge in [-0.15, -0.1) is 0 Å². The topological polar surface area (TPSA) is 78.1 Å². The second-order valence-electron chi connectivity index (χ2n) is 7.29. The zero-order valence-corrected chi connectivity index (χ0v) is 16.2. The van der Waals surface area contributed by atoms with Crippen LogP contribution in [-0.2, 0) is 4.79 Å². The smallest absolute Gasteiger partial charge is 0.255 e. The van der Waals surface area contributed by atoms with Crippen molar-refractivity contribution in [2.45, 2.75) is 12.5 Å². The van der Waals surface area contributed by atoms with Crippen molar-refractivity contribution in [1.82, 2.24) is 14.9 Å². The third kappa shape index (κ3) is 3.12. The number of para-hydroxylation sites is 1. The van der Waals surface area contributed by atoms with Gasteiger partial charge in [-0.2, -0.15) is 0 Å². The summed E-state index contributed by atoms with van der Waals surface area (Å²) in [6.07, 6.45) is 3.78. The Labute approximate surface area is 173 Å². The van der Waals surface area contributed by atoms with Gasteiger partial charge in [0.25, 0.3) is 5.91 Å². The number of aromatic nitrogens is 2. The summed E-state index contributed by atoms with van der Waals surface area (Å²) in [6.45, 7) is 0.316. The molecule has 0 bridgehead atoms. The van der Waals surface area contributed by atoms with Gasteiger partial charge in [-0.05, 0) is 29.8 Å². The highest BCUT2D eigenvalue weighted by molar-refractivity contribution is 6.01. The maximum atomic E-state index is 13.2. The summed E-state index contributed by atoms with van der Waals surface area (Å²) in [4.78, 5) is 34.9. The van der Waals surface area contributed by atoms with Gasteiger partial charge in [0.1, 0.15) is 5.82 Å². The van der Waals surface area contributed by atoms with Crippen molar-refractivity contribution in [2.75, 3.05) is 11.9 Å². The molecular weight excluding hydrogens is 376 g/mol. The Morgan fingerprint density at radius 2 is 1.80 bits per heavy atom. The van der Waals surface area contributed by atoms with Gasteiger partial charge < -0.3 is 15.2 Å². The lowest BCUT2D eigenvalue weighted by Crippen LogP contribution is -2.32. The molecule has 0 saturated carbocycles. The number of nitrogens with zero attached hydrogens (tertiary/aromatic N) is 2. The van der Waals surface area contributed by atoms with Crippen molar-refractivity contribution in [3.8, 4) is 0 Å². The van der Waals surface area contributed by atoms with E-state index in [-0.39, 0.29) is 24.3 Å². The molecule has 3 heterocycles. The van der Waals surface area contributed by atoms with Crippen LogP contribution >= 0.6 is 0 Å². The minimum atomic E-state index is -0.229. The van der Waals surface area contributed by atoms with E-state index in [1.165, 1.54) is 0 Å². The Hall–Kier alpha value is -3.93. The van der Waals surface area contributed by atoms with E-state index < -0.39 is 0 Å². The largest absolute Gasteiger partial charge is 0.361 e. The average Bonchev–Trinajstić information content (AvgIpc) is 3.32. The van der Waals surface area contributed by atoms with Crippen LogP contribution in [0.5, 0.6) is 0 Å². The number of aromatic amines is 1. The monoisotopic (exact) mass is 396 g/mol. The van der Waals surface area contributed by atoms with Crippen molar-refractivity contribution >= 4 is 28.5 Å². The summed E-state index contributed by atoms with van der Waals surface area (Å²) < 4.78 is 0. The summed E-state index contributed by atoms with van der Waals surface area (Å²) >= 11 is 0. The molecule has 2 amide bonds. The molecule has 148 valence electrons. The van der Waals surface area contributed by atoms with Crippen LogP contribution < -0.4 is 5.32 Å². The third-order valence-electron chi connectivity index (χ3n) is 5.49. The third-order valence-corrected chi connectivity index (χ3v) is 5.49. The summed E-state index contributed by atoms with van der Waals surface area (Å²) in [6, 6.07) is 20.8. The number of nitrogens with one attached hydrogen (secondary N) is 2. The molecule has 6 nitrogen and oxygen atoms in total.